The normalized spacial score (nSPS) is 12.1. The molecule has 2 aromatic rings. The van der Waals surface area contributed by atoms with Crippen LogP contribution in [0.15, 0.2) is 43.1 Å². The van der Waals surface area contributed by atoms with Gasteiger partial charge in [-0.25, -0.2) is 4.79 Å². The van der Waals surface area contributed by atoms with Gasteiger partial charge >= 0.3 is 5.97 Å². The Bertz CT molecular complexity index is 660. The SMILES string of the molecule is C=CC(C(=O)OC)n1ccc2cc([N+](=O)[O-])ccc21. The van der Waals surface area contributed by atoms with Crippen molar-refractivity contribution >= 4 is 22.6 Å². The van der Waals surface area contributed by atoms with Crippen molar-refractivity contribution in [3.05, 3.63) is 53.2 Å². The van der Waals surface area contributed by atoms with Gasteiger partial charge in [0, 0.05) is 29.2 Å². The van der Waals surface area contributed by atoms with Crippen LogP contribution in [0.5, 0.6) is 0 Å². The summed E-state index contributed by atoms with van der Waals surface area (Å²) in [5, 5.41) is 11.4. The first-order chi connectivity index (χ1) is 9.08. The van der Waals surface area contributed by atoms with Gasteiger partial charge in [-0.05, 0) is 12.1 Å². The number of benzene rings is 1. The van der Waals surface area contributed by atoms with Gasteiger partial charge in [0.1, 0.15) is 6.04 Å². The summed E-state index contributed by atoms with van der Waals surface area (Å²) in [6, 6.07) is 5.53. The molecule has 1 heterocycles. The summed E-state index contributed by atoms with van der Waals surface area (Å²) in [4.78, 5) is 21.9. The third kappa shape index (κ3) is 2.20. The standard InChI is InChI=1S/C13H12N2O4/c1-3-11(13(16)19-2)14-7-6-9-8-10(15(17)18)4-5-12(9)14/h3-8,11H,1H2,2H3. The van der Waals surface area contributed by atoms with Crippen LogP contribution >= 0.6 is 0 Å². The predicted molar refractivity (Wildman–Crippen MR) is 69.8 cm³/mol. The molecule has 0 aliphatic heterocycles. The molecule has 0 spiro atoms. The molecule has 6 nitrogen and oxygen atoms in total. The molecule has 1 unspecified atom stereocenters. The minimum absolute atomic E-state index is 0.0125. The second kappa shape index (κ2) is 4.93. The van der Waals surface area contributed by atoms with Gasteiger partial charge in [-0.15, -0.1) is 6.58 Å². The van der Waals surface area contributed by atoms with E-state index in [2.05, 4.69) is 6.58 Å². The molecule has 0 aliphatic rings. The lowest BCUT2D eigenvalue weighted by Gasteiger charge is -2.13. The lowest BCUT2D eigenvalue weighted by atomic mass is 10.2. The molecule has 1 aromatic carbocycles. The van der Waals surface area contributed by atoms with Gasteiger partial charge in [-0.2, -0.15) is 0 Å². The minimum atomic E-state index is -0.649. The van der Waals surface area contributed by atoms with Gasteiger partial charge in [0.15, 0.2) is 0 Å². The van der Waals surface area contributed by atoms with Crippen molar-refractivity contribution in [3.63, 3.8) is 0 Å². The zero-order valence-electron chi connectivity index (χ0n) is 10.3. The van der Waals surface area contributed by atoms with Crippen LogP contribution in [0.25, 0.3) is 10.9 Å². The van der Waals surface area contributed by atoms with Crippen LogP contribution < -0.4 is 0 Å². The van der Waals surface area contributed by atoms with Gasteiger partial charge in [-0.3, -0.25) is 10.1 Å². The molecular formula is C13H12N2O4. The largest absolute Gasteiger partial charge is 0.467 e. The molecule has 1 aromatic heterocycles. The van der Waals surface area contributed by atoms with E-state index in [0.29, 0.717) is 10.9 Å². The van der Waals surface area contributed by atoms with E-state index in [9.17, 15) is 14.9 Å². The number of hydrogen-bond donors (Lipinski definition) is 0. The summed E-state index contributed by atoms with van der Waals surface area (Å²) in [6.45, 7) is 3.61. The van der Waals surface area contributed by atoms with Crippen molar-refractivity contribution in [2.45, 2.75) is 6.04 Å². The summed E-state index contributed by atoms with van der Waals surface area (Å²) in [5.41, 5.74) is 0.722. The highest BCUT2D eigenvalue weighted by atomic mass is 16.6. The average molecular weight is 260 g/mol. The van der Waals surface area contributed by atoms with Gasteiger partial charge in [0.2, 0.25) is 0 Å². The first kappa shape index (κ1) is 12.8. The number of carbonyl (C=O) groups is 1. The molecule has 0 fully saturated rings. The third-order valence-electron chi connectivity index (χ3n) is 2.88. The number of carbonyl (C=O) groups excluding carboxylic acids is 1. The molecule has 0 aliphatic carbocycles. The molecule has 0 bridgehead atoms. The Morgan fingerprint density at radius 3 is 2.84 bits per heavy atom. The van der Waals surface area contributed by atoms with Crippen LogP contribution in [0.3, 0.4) is 0 Å². The number of hydrogen-bond acceptors (Lipinski definition) is 4. The van der Waals surface area contributed by atoms with Crippen molar-refractivity contribution in [2.24, 2.45) is 0 Å². The number of non-ortho nitro benzene ring substituents is 1. The first-order valence-electron chi connectivity index (χ1n) is 5.54. The van der Waals surface area contributed by atoms with E-state index < -0.39 is 16.9 Å². The number of aromatic nitrogens is 1. The van der Waals surface area contributed by atoms with Crippen LogP contribution in [0, 0.1) is 10.1 Å². The molecule has 6 heteroatoms. The van der Waals surface area contributed by atoms with Crippen LogP contribution in [-0.4, -0.2) is 22.6 Å². The Labute approximate surface area is 109 Å². The van der Waals surface area contributed by atoms with E-state index in [4.69, 9.17) is 4.74 Å². The highest BCUT2D eigenvalue weighted by Crippen LogP contribution is 2.25. The number of methoxy groups -OCH3 is 1. The summed E-state index contributed by atoms with van der Waals surface area (Å²) < 4.78 is 6.36. The maximum Gasteiger partial charge on any atom is 0.332 e. The molecule has 0 saturated heterocycles. The van der Waals surface area contributed by atoms with Crippen molar-refractivity contribution in [3.8, 4) is 0 Å². The minimum Gasteiger partial charge on any atom is -0.467 e. The number of esters is 1. The number of rotatable bonds is 4. The number of nitro benzene ring substituents is 1. The van der Waals surface area contributed by atoms with E-state index in [-0.39, 0.29) is 5.69 Å². The second-order valence-electron chi connectivity index (χ2n) is 3.93. The fourth-order valence-electron chi connectivity index (χ4n) is 1.95. The van der Waals surface area contributed by atoms with Crippen molar-refractivity contribution in [2.75, 3.05) is 7.11 Å². The quantitative estimate of drug-likeness (QED) is 0.366. The van der Waals surface area contributed by atoms with E-state index >= 15 is 0 Å². The fraction of sp³-hybridized carbons (Fsp3) is 0.154. The third-order valence-corrected chi connectivity index (χ3v) is 2.88. The molecule has 0 N–H and O–H groups in total. The molecule has 1 atom stereocenters. The van der Waals surface area contributed by atoms with Crippen LogP contribution in [0.1, 0.15) is 6.04 Å². The van der Waals surface area contributed by atoms with Gasteiger partial charge in [0.05, 0.1) is 12.0 Å². The molecule has 19 heavy (non-hydrogen) atoms. The van der Waals surface area contributed by atoms with Crippen LogP contribution in [0.2, 0.25) is 0 Å². The topological polar surface area (TPSA) is 74.4 Å². The van der Waals surface area contributed by atoms with Crippen molar-refractivity contribution < 1.29 is 14.5 Å². The smallest absolute Gasteiger partial charge is 0.332 e. The van der Waals surface area contributed by atoms with E-state index in [1.54, 1.807) is 22.9 Å². The lowest BCUT2D eigenvalue weighted by Crippen LogP contribution is -2.17. The predicted octanol–water partition coefficient (Wildman–Crippen LogP) is 2.45. The van der Waals surface area contributed by atoms with Crippen LogP contribution in [-0.2, 0) is 9.53 Å². The Morgan fingerprint density at radius 2 is 2.26 bits per heavy atom. The van der Waals surface area contributed by atoms with Gasteiger partial charge in [-0.1, -0.05) is 6.08 Å². The lowest BCUT2D eigenvalue weighted by molar-refractivity contribution is -0.384. The summed E-state index contributed by atoms with van der Waals surface area (Å²) >= 11 is 0. The number of ether oxygens (including phenoxy) is 1. The maximum atomic E-state index is 11.6. The molecule has 0 amide bonds. The number of fused-ring (bicyclic) bond motifs is 1. The Balaban J connectivity index is 2.54. The number of nitro groups is 1. The van der Waals surface area contributed by atoms with E-state index in [1.165, 1.54) is 25.3 Å². The highest BCUT2D eigenvalue weighted by molar-refractivity contribution is 5.86. The molecule has 0 saturated carbocycles. The maximum absolute atomic E-state index is 11.6. The van der Waals surface area contributed by atoms with Crippen molar-refractivity contribution in [1.82, 2.24) is 4.57 Å². The first-order valence-corrected chi connectivity index (χ1v) is 5.54. The Morgan fingerprint density at radius 1 is 1.53 bits per heavy atom. The second-order valence-corrected chi connectivity index (χ2v) is 3.93. The van der Waals surface area contributed by atoms with Crippen molar-refractivity contribution in [1.29, 1.82) is 0 Å². The average Bonchev–Trinajstić information content (AvgIpc) is 2.82. The van der Waals surface area contributed by atoms with E-state index in [0.717, 1.165) is 0 Å². The Kier molecular flexibility index (Phi) is 3.33. The molecule has 0 radical (unpaired) electrons. The fourth-order valence-corrected chi connectivity index (χ4v) is 1.95. The number of nitrogens with zero attached hydrogens (tertiary/aromatic N) is 2. The monoisotopic (exact) mass is 260 g/mol. The Hall–Kier alpha value is -2.63. The van der Waals surface area contributed by atoms with Gasteiger partial charge < -0.3 is 9.30 Å². The zero-order chi connectivity index (χ0) is 14.0. The zero-order valence-corrected chi connectivity index (χ0v) is 10.3. The molecular weight excluding hydrogens is 248 g/mol. The summed E-state index contributed by atoms with van der Waals surface area (Å²) in [7, 11) is 1.30. The van der Waals surface area contributed by atoms with E-state index in [1.807, 2.05) is 0 Å². The molecule has 98 valence electrons. The summed E-state index contributed by atoms with van der Waals surface area (Å²) in [6.07, 6.45) is 3.14. The highest BCUT2D eigenvalue weighted by Gasteiger charge is 2.19. The summed E-state index contributed by atoms with van der Waals surface area (Å²) in [5.74, 6) is -0.439. The van der Waals surface area contributed by atoms with Crippen LogP contribution in [0.4, 0.5) is 5.69 Å². The van der Waals surface area contributed by atoms with Gasteiger partial charge in [0.25, 0.3) is 5.69 Å². The molecule has 2 rings (SSSR count).